The van der Waals surface area contributed by atoms with Gasteiger partial charge in [-0.2, -0.15) is 0 Å². The van der Waals surface area contributed by atoms with Crippen molar-refractivity contribution >= 4 is 17.2 Å². The van der Waals surface area contributed by atoms with Gasteiger partial charge >= 0.3 is 0 Å². The van der Waals surface area contributed by atoms with Gasteiger partial charge in [0, 0.05) is 17.4 Å². The van der Waals surface area contributed by atoms with E-state index in [2.05, 4.69) is 15.5 Å². The SMILES string of the molecule is CCOc1ccc(CC(=O)Nc2cccc(-c3nnc4ccccn34)c2)cc1. The summed E-state index contributed by atoms with van der Waals surface area (Å²) in [4.78, 5) is 12.4. The molecule has 6 heteroatoms. The number of anilines is 1. The van der Waals surface area contributed by atoms with Crippen molar-refractivity contribution in [3.8, 4) is 17.1 Å². The first kappa shape index (κ1) is 17.7. The molecule has 0 saturated carbocycles. The Labute approximate surface area is 162 Å². The van der Waals surface area contributed by atoms with Crippen molar-refractivity contribution in [1.29, 1.82) is 0 Å². The van der Waals surface area contributed by atoms with Gasteiger partial charge in [0.05, 0.1) is 13.0 Å². The monoisotopic (exact) mass is 372 g/mol. The molecule has 0 aliphatic carbocycles. The van der Waals surface area contributed by atoms with Crippen LogP contribution in [0.1, 0.15) is 12.5 Å². The standard InChI is InChI=1S/C22H20N4O2/c1-2-28-19-11-9-16(10-12-19)14-21(27)23-18-7-5-6-17(15-18)22-25-24-20-8-3-4-13-26(20)22/h3-13,15H,2,14H2,1H3,(H,23,27). The van der Waals surface area contributed by atoms with Crippen LogP contribution in [0.3, 0.4) is 0 Å². The van der Waals surface area contributed by atoms with Crippen molar-refractivity contribution in [3.05, 3.63) is 78.5 Å². The number of hydrogen-bond acceptors (Lipinski definition) is 4. The molecule has 2 aromatic heterocycles. The van der Waals surface area contributed by atoms with Crippen LogP contribution in [0, 0.1) is 0 Å². The Balaban J connectivity index is 1.48. The number of nitrogens with one attached hydrogen (secondary N) is 1. The van der Waals surface area contributed by atoms with Crippen molar-refractivity contribution in [3.63, 3.8) is 0 Å². The highest BCUT2D eigenvalue weighted by molar-refractivity contribution is 5.92. The summed E-state index contributed by atoms with van der Waals surface area (Å²) in [6.45, 7) is 2.56. The highest BCUT2D eigenvalue weighted by Gasteiger charge is 2.10. The third-order valence-electron chi connectivity index (χ3n) is 4.32. The minimum atomic E-state index is -0.0765. The van der Waals surface area contributed by atoms with Crippen LogP contribution < -0.4 is 10.1 Å². The number of benzene rings is 2. The zero-order valence-corrected chi connectivity index (χ0v) is 15.5. The van der Waals surface area contributed by atoms with Gasteiger partial charge < -0.3 is 10.1 Å². The molecule has 0 radical (unpaired) electrons. The van der Waals surface area contributed by atoms with Gasteiger partial charge in [-0.15, -0.1) is 10.2 Å². The summed E-state index contributed by atoms with van der Waals surface area (Å²) in [5.41, 5.74) is 3.32. The van der Waals surface area contributed by atoms with E-state index in [1.54, 1.807) is 0 Å². The van der Waals surface area contributed by atoms with E-state index in [-0.39, 0.29) is 5.91 Å². The Morgan fingerprint density at radius 3 is 2.71 bits per heavy atom. The van der Waals surface area contributed by atoms with Gasteiger partial charge in [-0.1, -0.05) is 30.3 Å². The minimum absolute atomic E-state index is 0.0765. The number of pyridine rings is 1. The van der Waals surface area contributed by atoms with Crippen LogP contribution in [0.15, 0.2) is 72.9 Å². The number of aromatic nitrogens is 3. The number of rotatable bonds is 6. The lowest BCUT2D eigenvalue weighted by Crippen LogP contribution is -2.14. The summed E-state index contributed by atoms with van der Waals surface area (Å²) in [7, 11) is 0. The Bertz CT molecular complexity index is 1100. The van der Waals surface area contributed by atoms with E-state index in [0.717, 1.165) is 34.0 Å². The smallest absolute Gasteiger partial charge is 0.228 e. The van der Waals surface area contributed by atoms with E-state index >= 15 is 0 Å². The molecule has 2 aromatic carbocycles. The molecular weight excluding hydrogens is 352 g/mol. The first-order valence-corrected chi connectivity index (χ1v) is 9.15. The molecule has 2 heterocycles. The highest BCUT2D eigenvalue weighted by Crippen LogP contribution is 2.22. The molecule has 0 aliphatic heterocycles. The summed E-state index contributed by atoms with van der Waals surface area (Å²) < 4.78 is 7.34. The lowest BCUT2D eigenvalue weighted by Gasteiger charge is -2.08. The van der Waals surface area contributed by atoms with Crippen LogP contribution in [-0.4, -0.2) is 27.1 Å². The molecule has 0 aliphatic rings. The second kappa shape index (κ2) is 7.92. The molecule has 0 saturated heterocycles. The number of ether oxygens (including phenoxy) is 1. The van der Waals surface area contributed by atoms with E-state index in [0.29, 0.717) is 13.0 Å². The first-order chi connectivity index (χ1) is 13.7. The van der Waals surface area contributed by atoms with E-state index in [4.69, 9.17) is 4.74 Å². The molecule has 0 fully saturated rings. The Morgan fingerprint density at radius 2 is 1.89 bits per heavy atom. The van der Waals surface area contributed by atoms with Crippen molar-refractivity contribution in [2.45, 2.75) is 13.3 Å². The normalized spacial score (nSPS) is 10.8. The second-order valence-corrected chi connectivity index (χ2v) is 6.34. The van der Waals surface area contributed by atoms with Gasteiger partial charge in [-0.25, -0.2) is 0 Å². The third kappa shape index (κ3) is 3.86. The third-order valence-corrected chi connectivity index (χ3v) is 4.32. The molecule has 4 aromatic rings. The molecule has 0 unspecified atom stereocenters. The van der Waals surface area contributed by atoms with Gasteiger partial charge in [0.2, 0.25) is 5.91 Å². The van der Waals surface area contributed by atoms with Crippen LogP contribution in [-0.2, 0) is 11.2 Å². The average molecular weight is 372 g/mol. The summed E-state index contributed by atoms with van der Waals surface area (Å²) in [5, 5.41) is 11.4. The van der Waals surface area contributed by atoms with Crippen LogP contribution in [0.25, 0.3) is 17.0 Å². The number of carbonyl (C=O) groups excluding carboxylic acids is 1. The zero-order chi connectivity index (χ0) is 19.3. The maximum Gasteiger partial charge on any atom is 0.228 e. The summed E-state index contributed by atoms with van der Waals surface area (Å²) in [5.74, 6) is 1.46. The van der Waals surface area contributed by atoms with Crippen LogP contribution in [0.4, 0.5) is 5.69 Å². The molecule has 0 spiro atoms. The summed E-state index contributed by atoms with van der Waals surface area (Å²) >= 11 is 0. The number of amides is 1. The summed E-state index contributed by atoms with van der Waals surface area (Å²) in [6, 6.07) is 20.9. The predicted molar refractivity (Wildman–Crippen MR) is 108 cm³/mol. The predicted octanol–water partition coefficient (Wildman–Crippen LogP) is 3.98. The van der Waals surface area contributed by atoms with E-state index in [1.165, 1.54) is 0 Å². The molecule has 1 amide bonds. The lowest BCUT2D eigenvalue weighted by atomic mass is 10.1. The van der Waals surface area contributed by atoms with Gasteiger partial charge in [0.15, 0.2) is 11.5 Å². The van der Waals surface area contributed by atoms with Crippen molar-refractivity contribution < 1.29 is 9.53 Å². The number of carbonyl (C=O) groups is 1. The summed E-state index contributed by atoms with van der Waals surface area (Å²) in [6.07, 6.45) is 2.21. The Kier molecular flexibility index (Phi) is 5.01. The fourth-order valence-electron chi connectivity index (χ4n) is 3.04. The molecule has 0 atom stereocenters. The van der Waals surface area contributed by atoms with Crippen molar-refractivity contribution in [2.24, 2.45) is 0 Å². The number of hydrogen-bond donors (Lipinski definition) is 1. The van der Waals surface area contributed by atoms with E-state index < -0.39 is 0 Å². The van der Waals surface area contributed by atoms with Gasteiger partial charge in [0.25, 0.3) is 0 Å². The molecular formula is C22H20N4O2. The van der Waals surface area contributed by atoms with Crippen molar-refractivity contribution in [1.82, 2.24) is 14.6 Å². The largest absolute Gasteiger partial charge is 0.494 e. The number of fused-ring (bicyclic) bond motifs is 1. The lowest BCUT2D eigenvalue weighted by molar-refractivity contribution is -0.115. The van der Waals surface area contributed by atoms with Crippen LogP contribution >= 0.6 is 0 Å². The maximum atomic E-state index is 12.4. The fourth-order valence-corrected chi connectivity index (χ4v) is 3.04. The van der Waals surface area contributed by atoms with Crippen molar-refractivity contribution in [2.75, 3.05) is 11.9 Å². The number of nitrogens with zero attached hydrogens (tertiary/aromatic N) is 3. The minimum Gasteiger partial charge on any atom is -0.494 e. The van der Waals surface area contributed by atoms with Gasteiger partial charge in [-0.05, 0) is 48.9 Å². The molecule has 6 nitrogen and oxygen atoms in total. The average Bonchev–Trinajstić information content (AvgIpc) is 3.14. The van der Waals surface area contributed by atoms with Crippen LogP contribution in [0.5, 0.6) is 5.75 Å². The molecule has 140 valence electrons. The van der Waals surface area contributed by atoms with E-state index in [1.807, 2.05) is 84.3 Å². The van der Waals surface area contributed by atoms with Crippen LogP contribution in [0.2, 0.25) is 0 Å². The maximum absolute atomic E-state index is 12.4. The van der Waals surface area contributed by atoms with Gasteiger partial charge in [-0.3, -0.25) is 9.20 Å². The molecule has 0 bridgehead atoms. The Hall–Kier alpha value is -3.67. The molecule has 4 rings (SSSR count). The topological polar surface area (TPSA) is 68.5 Å². The quantitative estimate of drug-likeness (QED) is 0.556. The fraction of sp³-hybridized carbons (Fsp3) is 0.136. The van der Waals surface area contributed by atoms with Gasteiger partial charge in [0.1, 0.15) is 5.75 Å². The first-order valence-electron chi connectivity index (χ1n) is 9.15. The molecule has 28 heavy (non-hydrogen) atoms. The second-order valence-electron chi connectivity index (χ2n) is 6.34. The highest BCUT2D eigenvalue weighted by atomic mass is 16.5. The zero-order valence-electron chi connectivity index (χ0n) is 15.5. The molecule has 1 N–H and O–H groups in total. The van der Waals surface area contributed by atoms with E-state index in [9.17, 15) is 4.79 Å². The Morgan fingerprint density at radius 1 is 1.04 bits per heavy atom.